The van der Waals surface area contributed by atoms with Crippen molar-refractivity contribution >= 4 is 29.5 Å². The largest absolute Gasteiger partial charge is 0.463 e. The molecule has 2 amide bonds. The molecule has 0 aliphatic heterocycles. The summed E-state index contributed by atoms with van der Waals surface area (Å²) in [6, 6.07) is 1.50. The minimum absolute atomic E-state index is 0.0620. The van der Waals surface area contributed by atoms with Crippen LogP contribution in [-0.2, 0) is 23.6 Å². The van der Waals surface area contributed by atoms with Gasteiger partial charge in [0, 0.05) is 26.5 Å². The summed E-state index contributed by atoms with van der Waals surface area (Å²) in [5.41, 5.74) is 0.0644. The molecule has 0 unspecified atom stereocenters. The van der Waals surface area contributed by atoms with Crippen LogP contribution >= 0.6 is 0 Å². The molecule has 10 heteroatoms. The molecule has 0 aromatic carbocycles. The van der Waals surface area contributed by atoms with Crippen molar-refractivity contribution in [2.24, 2.45) is 14.1 Å². The van der Waals surface area contributed by atoms with Crippen molar-refractivity contribution in [2.75, 3.05) is 17.7 Å². The van der Waals surface area contributed by atoms with Crippen LogP contribution in [0.3, 0.4) is 0 Å². The molecule has 0 spiro atoms. The summed E-state index contributed by atoms with van der Waals surface area (Å²) in [6.07, 6.45) is 2.46. The Hall–Kier alpha value is -3.30. The minimum atomic E-state index is -0.630. The van der Waals surface area contributed by atoms with Crippen LogP contribution in [-0.4, -0.2) is 44.8 Å². The summed E-state index contributed by atoms with van der Waals surface area (Å²) in [7, 11) is 4.52. The molecule has 0 bridgehead atoms. The summed E-state index contributed by atoms with van der Waals surface area (Å²) in [4.78, 5) is 39.9. The van der Waals surface area contributed by atoms with Crippen molar-refractivity contribution in [3.8, 4) is 0 Å². The monoisotopic (exact) mass is 377 g/mol. The fourth-order valence-corrected chi connectivity index (χ4v) is 2.27. The quantitative estimate of drug-likeness (QED) is 0.789. The molecule has 0 radical (unpaired) electrons. The summed E-state index contributed by atoms with van der Waals surface area (Å²) in [6.45, 7) is 5.27. The number of carbonyl (C=O) groups excluding carboxylic acids is 3. The number of methoxy groups -OCH3 is 1. The van der Waals surface area contributed by atoms with E-state index in [2.05, 4.69) is 20.4 Å². The highest BCUT2D eigenvalue weighted by molar-refractivity contribution is 6.04. The lowest BCUT2D eigenvalue weighted by Crippen LogP contribution is -2.27. The predicted molar refractivity (Wildman–Crippen MR) is 97.8 cm³/mol. The first-order valence-electron chi connectivity index (χ1n) is 8.09. The van der Waals surface area contributed by atoms with Gasteiger partial charge in [0.05, 0.1) is 12.8 Å². The highest BCUT2D eigenvalue weighted by atomic mass is 16.6. The zero-order valence-electron chi connectivity index (χ0n) is 16.1. The average molecular weight is 377 g/mol. The van der Waals surface area contributed by atoms with Crippen LogP contribution in [0.5, 0.6) is 0 Å². The Morgan fingerprint density at radius 1 is 1.07 bits per heavy atom. The van der Waals surface area contributed by atoms with Crippen LogP contribution in [0.25, 0.3) is 0 Å². The second kappa shape index (κ2) is 7.52. The third-order valence-corrected chi connectivity index (χ3v) is 3.37. The molecule has 0 saturated carbocycles. The second-order valence-corrected chi connectivity index (χ2v) is 6.86. The van der Waals surface area contributed by atoms with E-state index in [0.29, 0.717) is 5.69 Å². The fraction of sp³-hybridized carbons (Fsp3) is 0.412. The molecule has 10 nitrogen and oxygen atoms in total. The van der Waals surface area contributed by atoms with Crippen LogP contribution in [0, 0.1) is 0 Å². The van der Waals surface area contributed by atoms with E-state index in [9.17, 15) is 14.4 Å². The first-order chi connectivity index (χ1) is 12.5. The highest BCUT2D eigenvalue weighted by Crippen LogP contribution is 2.17. The number of nitrogens with zero attached hydrogens (tertiary/aromatic N) is 3. The van der Waals surface area contributed by atoms with Crippen molar-refractivity contribution in [3.63, 3.8) is 0 Å². The van der Waals surface area contributed by atoms with Gasteiger partial charge in [0.25, 0.3) is 5.91 Å². The Kier molecular flexibility index (Phi) is 5.58. The average Bonchev–Trinajstić information content (AvgIpc) is 3.07. The Morgan fingerprint density at radius 2 is 1.74 bits per heavy atom. The lowest BCUT2D eigenvalue weighted by atomic mass is 10.2. The lowest BCUT2D eigenvalue weighted by Gasteiger charge is -2.19. The number of ether oxygens (including phenoxy) is 2. The molecule has 0 saturated heterocycles. The zero-order valence-corrected chi connectivity index (χ0v) is 16.1. The number of hydrogen-bond acceptors (Lipinski definition) is 6. The summed E-state index contributed by atoms with van der Waals surface area (Å²) in [5.74, 6) is -0.803. The molecule has 0 aliphatic carbocycles. The lowest BCUT2D eigenvalue weighted by molar-refractivity contribution is 0.0581. The molecule has 0 aliphatic rings. The minimum Gasteiger partial charge on any atom is -0.463 e. The summed E-state index contributed by atoms with van der Waals surface area (Å²) < 4.78 is 12.8. The second-order valence-electron chi connectivity index (χ2n) is 6.86. The van der Waals surface area contributed by atoms with E-state index in [1.165, 1.54) is 23.9 Å². The van der Waals surface area contributed by atoms with E-state index in [1.54, 1.807) is 45.6 Å². The molecule has 2 aromatic rings. The molecule has 0 atom stereocenters. The van der Waals surface area contributed by atoms with E-state index >= 15 is 0 Å². The van der Waals surface area contributed by atoms with Crippen molar-refractivity contribution in [3.05, 3.63) is 30.0 Å². The number of aromatic nitrogens is 3. The van der Waals surface area contributed by atoms with Crippen molar-refractivity contribution in [1.29, 1.82) is 0 Å². The molecule has 2 heterocycles. The first kappa shape index (κ1) is 20.0. The number of aryl methyl sites for hydroxylation is 2. The Labute approximate surface area is 156 Å². The topological polar surface area (TPSA) is 116 Å². The molecule has 2 rings (SSSR count). The summed E-state index contributed by atoms with van der Waals surface area (Å²) >= 11 is 0. The van der Waals surface area contributed by atoms with Gasteiger partial charge in [-0.25, -0.2) is 14.6 Å². The number of hydrogen-bond donors (Lipinski definition) is 2. The number of amides is 2. The van der Waals surface area contributed by atoms with Crippen molar-refractivity contribution < 1.29 is 23.9 Å². The van der Waals surface area contributed by atoms with Crippen LogP contribution in [0.1, 0.15) is 41.9 Å². The van der Waals surface area contributed by atoms with Gasteiger partial charge in [-0.05, 0) is 26.8 Å². The molecular formula is C17H23N5O5. The van der Waals surface area contributed by atoms with Gasteiger partial charge >= 0.3 is 12.1 Å². The van der Waals surface area contributed by atoms with E-state index in [4.69, 9.17) is 4.74 Å². The Balaban J connectivity index is 2.10. The SMILES string of the molecule is COC(=O)c1nc(NC(=O)c2cc(NC(=O)OC(C)(C)C)cn2C)cn1C. The van der Waals surface area contributed by atoms with Gasteiger partial charge in [-0.2, -0.15) is 0 Å². The van der Waals surface area contributed by atoms with Crippen molar-refractivity contribution in [1.82, 2.24) is 14.1 Å². The number of imidazole rings is 1. The summed E-state index contributed by atoms with van der Waals surface area (Å²) in [5, 5.41) is 5.17. The Morgan fingerprint density at radius 3 is 2.33 bits per heavy atom. The number of anilines is 2. The van der Waals surface area contributed by atoms with E-state index in [1.807, 2.05) is 0 Å². The Bertz CT molecular complexity index is 875. The predicted octanol–water partition coefficient (Wildman–Crippen LogP) is 2.14. The molecule has 27 heavy (non-hydrogen) atoms. The highest BCUT2D eigenvalue weighted by Gasteiger charge is 2.20. The van der Waals surface area contributed by atoms with Crippen LogP contribution in [0.4, 0.5) is 16.3 Å². The smallest absolute Gasteiger partial charge is 0.412 e. The van der Waals surface area contributed by atoms with E-state index in [0.717, 1.165) is 0 Å². The zero-order chi connectivity index (χ0) is 20.4. The maximum Gasteiger partial charge on any atom is 0.412 e. The van der Waals surface area contributed by atoms with Gasteiger partial charge in [0.1, 0.15) is 11.3 Å². The molecular weight excluding hydrogens is 354 g/mol. The third kappa shape index (κ3) is 5.09. The number of nitrogens with one attached hydrogen (secondary N) is 2. The van der Waals surface area contributed by atoms with E-state index in [-0.39, 0.29) is 17.3 Å². The number of esters is 1. The molecule has 2 N–H and O–H groups in total. The van der Waals surface area contributed by atoms with Gasteiger partial charge in [0.2, 0.25) is 5.82 Å². The normalized spacial score (nSPS) is 11.0. The standard InChI is InChI=1S/C17H23N5O5/c1-17(2,3)27-16(25)18-10-7-11(21(4)8-10)14(23)20-12-9-22(5)13(19-12)15(24)26-6/h7-9H,1-6H3,(H,18,25)(H,20,23). The fourth-order valence-electron chi connectivity index (χ4n) is 2.27. The number of carbonyl (C=O) groups is 3. The van der Waals surface area contributed by atoms with Gasteiger partial charge in [0.15, 0.2) is 5.82 Å². The molecule has 2 aromatic heterocycles. The van der Waals surface area contributed by atoms with Crippen LogP contribution < -0.4 is 10.6 Å². The maximum atomic E-state index is 12.5. The molecule has 0 fully saturated rings. The van der Waals surface area contributed by atoms with Gasteiger partial charge in [-0.15, -0.1) is 0 Å². The van der Waals surface area contributed by atoms with Crippen LogP contribution in [0.2, 0.25) is 0 Å². The van der Waals surface area contributed by atoms with Crippen molar-refractivity contribution in [2.45, 2.75) is 26.4 Å². The molecule has 146 valence electrons. The first-order valence-corrected chi connectivity index (χ1v) is 8.09. The van der Waals surface area contributed by atoms with Crippen LogP contribution in [0.15, 0.2) is 18.5 Å². The van der Waals surface area contributed by atoms with Gasteiger partial charge in [-0.3, -0.25) is 10.1 Å². The van der Waals surface area contributed by atoms with E-state index < -0.39 is 23.6 Å². The third-order valence-electron chi connectivity index (χ3n) is 3.37. The van der Waals surface area contributed by atoms with Gasteiger partial charge < -0.3 is 23.9 Å². The maximum absolute atomic E-state index is 12.5. The number of rotatable bonds is 4. The van der Waals surface area contributed by atoms with Gasteiger partial charge in [-0.1, -0.05) is 0 Å².